The van der Waals surface area contributed by atoms with Crippen LogP contribution in [0.25, 0.3) is 0 Å². The molecule has 1 fully saturated rings. The van der Waals surface area contributed by atoms with Crippen molar-refractivity contribution in [1.29, 1.82) is 0 Å². The SMILES string of the molecule is [B]C1(N)CC(c2cccc(OCC3=C(C)CCCC3(C)C)c2)[B]O1. The van der Waals surface area contributed by atoms with Gasteiger partial charge in [-0.25, -0.2) is 0 Å². The minimum atomic E-state index is -1.06. The minimum absolute atomic E-state index is 0.107. The van der Waals surface area contributed by atoms with Crippen LogP contribution in [-0.2, 0) is 4.65 Å². The van der Waals surface area contributed by atoms with Gasteiger partial charge >= 0.3 is 7.48 Å². The van der Waals surface area contributed by atoms with Crippen molar-refractivity contribution in [2.75, 3.05) is 6.61 Å². The Bertz CT molecular complexity index is 640. The second-order valence-electron chi connectivity index (χ2n) is 7.88. The van der Waals surface area contributed by atoms with Crippen molar-refractivity contribution in [3.63, 3.8) is 0 Å². The molecule has 2 aliphatic rings. The van der Waals surface area contributed by atoms with E-state index in [1.807, 2.05) is 12.1 Å². The molecule has 0 aromatic heterocycles. The van der Waals surface area contributed by atoms with Crippen LogP contribution in [0, 0.1) is 5.41 Å². The monoisotopic (exact) mass is 322 g/mol. The average molecular weight is 322 g/mol. The fourth-order valence-electron chi connectivity index (χ4n) is 3.83. The Morgan fingerprint density at radius 3 is 2.88 bits per heavy atom. The van der Waals surface area contributed by atoms with E-state index in [4.69, 9.17) is 23.0 Å². The third-order valence-electron chi connectivity index (χ3n) is 5.35. The molecule has 1 aromatic rings. The molecule has 1 aromatic carbocycles. The van der Waals surface area contributed by atoms with E-state index in [0.29, 0.717) is 13.0 Å². The summed E-state index contributed by atoms with van der Waals surface area (Å²) in [7, 11) is 7.56. The number of nitrogens with two attached hydrogens (primary N) is 1. The van der Waals surface area contributed by atoms with Crippen molar-refractivity contribution in [2.45, 2.75) is 57.9 Å². The van der Waals surface area contributed by atoms with Gasteiger partial charge in [0.2, 0.25) is 0 Å². The molecule has 2 atom stereocenters. The number of hydrogen-bond acceptors (Lipinski definition) is 3. The average Bonchev–Trinajstić information content (AvgIpc) is 2.87. The number of hydrogen-bond donors (Lipinski definition) is 1. The zero-order chi connectivity index (χ0) is 17.4. The summed E-state index contributed by atoms with van der Waals surface area (Å²) in [6.07, 6.45) is 4.27. The molecule has 3 nitrogen and oxygen atoms in total. The summed E-state index contributed by atoms with van der Waals surface area (Å²) in [6.45, 7) is 7.53. The smallest absolute Gasteiger partial charge is 0.301 e. The van der Waals surface area contributed by atoms with E-state index >= 15 is 0 Å². The molecule has 0 spiro atoms. The van der Waals surface area contributed by atoms with Crippen LogP contribution in [0.2, 0.25) is 0 Å². The first-order valence-electron chi connectivity index (χ1n) is 8.78. The molecular weight excluding hydrogens is 296 g/mol. The fraction of sp³-hybridized carbons (Fsp3) is 0.579. The topological polar surface area (TPSA) is 44.5 Å². The van der Waals surface area contributed by atoms with E-state index in [1.54, 1.807) is 7.48 Å². The minimum Gasteiger partial charge on any atom is -0.489 e. The van der Waals surface area contributed by atoms with E-state index in [1.165, 1.54) is 30.4 Å². The summed E-state index contributed by atoms with van der Waals surface area (Å²) in [5.41, 5.74) is 9.05. The zero-order valence-electron chi connectivity index (χ0n) is 15.0. The molecule has 24 heavy (non-hydrogen) atoms. The van der Waals surface area contributed by atoms with Crippen LogP contribution in [0.1, 0.15) is 57.8 Å². The highest BCUT2D eigenvalue weighted by Gasteiger charge is 2.34. The highest BCUT2D eigenvalue weighted by Crippen LogP contribution is 2.40. The Labute approximate surface area is 147 Å². The second kappa shape index (κ2) is 6.61. The molecule has 3 radical (unpaired) electrons. The highest BCUT2D eigenvalue weighted by molar-refractivity contribution is 6.34. The van der Waals surface area contributed by atoms with E-state index < -0.39 is 5.62 Å². The molecular formula is C19H26B2NO2. The number of ether oxygens (including phenoxy) is 1. The van der Waals surface area contributed by atoms with Crippen LogP contribution in [-0.4, -0.2) is 27.6 Å². The Kier molecular flexibility index (Phi) is 4.85. The maximum atomic E-state index is 6.13. The van der Waals surface area contributed by atoms with Crippen molar-refractivity contribution in [2.24, 2.45) is 11.1 Å². The summed E-state index contributed by atoms with van der Waals surface area (Å²) in [5, 5.41) is 0. The molecule has 1 aliphatic carbocycles. The summed E-state index contributed by atoms with van der Waals surface area (Å²) >= 11 is 0. The maximum absolute atomic E-state index is 6.13. The first kappa shape index (κ1) is 17.6. The maximum Gasteiger partial charge on any atom is 0.301 e. The van der Waals surface area contributed by atoms with E-state index in [-0.39, 0.29) is 11.2 Å². The Morgan fingerprint density at radius 1 is 1.42 bits per heavy atom. The predicted molar refractivity (Wildman–Crippen MR) is 99.1 cm³/mol. The van der Waals surface area contributed by atoms with Crippen LogP contribution >= 0.6 is 0 Å². The van der Waals surface area contributed by atoms with Crippen LogP contribution in [0.3, 0.4) is 0 Å². The lowest BCUT2D eigenvalue weighted by atomic mass is 9.72. The third-order valence-corrected chi connectivity index (χ3v) is 5.35. The Morgan fingerprint density at radius 2 is 2.21 bits per heavy atom. The Balaban J connectivity index is 1.69. The molecule has 2 N–H and O–H groups in total. The number of benzene rings is 1. The van der Waals surface area contributed by atoms with Crippen molar-refractivity contribution < 1.29 is 9.39 Å². The van der Waals surface area contributed by atoms with Crippen LogP contribution in [0.15, 0.2) is 35.4 Å². The molecule has 1 heterocycles. The van der Waals surface area contributed by atoms with Gasteiger partial charge in [-0.05, 0) is 67.1 Å². The van der Waals surface area contributed by atoms with Crippen LogP contribution in [0.4, 0.5) is 0 Å². The fourth-order valence-corrected chi connectivity index (χ4v) is 3.83. The lowest BCUT2D eigenvalue weighted by molar-refractivity contribution is 0.198. The summed E-state index contributed by atoms with van der Waals surface area (Å²) in [5.74, 6) is 0.990. The van der Waals surface area contributed by atoms with Gasteiger partial charge in [-0.15, -0.1) is 0 Å². The normalized spacial score (nSPS) is 29.4. The van der Waals surface area contributed by atoms with Crippen LogP contribution < -0.4 is 10.5 Å². The van der Waals surface area contributed by atoms with Gasteiger partial charge in [0, 0.05) is 0 Å². The second-order valence-corrected chi connectivity index (χ2v) is 7.88. The third kappa shape index (κ3) is 3.89. The summed E-state index contributed by atoms with van der Waals surface area (Å²) < 4.78 is 11.5. The van der Waals surface area contributed by atoms with E-state index in [2.05, 4.69) is 32.9 Å². The zero-order valence-corrected chi connectivity index (χ0v) is 15.0. The molecule has 1 aliphatic heterocycles. The number of allylic oxidation sites excluding steroid dienone is 1. The van der Waals surface area contributed by atoms with E-state index in [0.717, 1.165) is 11.3 Å². The molecule has 0 bridgehead atoms. The van der Waals surface area contributed by atoms with Gasteiger partial charge in [0.25, 0.3) is 0 Å². The highest BCUT2D eigenvalue weighted by atomic mass is 16.5. The van der Waals surface area contributed by atoms with Gasteiger partial charge < -0.3 is 15.1 Å². The molecule has 5 heteroatoms. The first-order valence-corrected chi connectivity index (χ1v) is 8.78. The standard InChI is InChI=1S/C19H26B2NO2/c1-13-6-5-9-18(2,3)16(13)12-23-15-8-4-7-14(10-15)17-11-19(20,22)24-21-17/h4,7-8,10,17H,5-6,9,11-12,22H2,1-3H3. The lowest BCUT2D eigenvalue weighted by Crippen LogP contribution is -2.39. The summed E-state index contributed by atoms with van der Waals surface area (Å²) in [6, 6.07) is 8.15. The van der Waals surface area contributed by atoms with Gasteiger partial charge in [-0.3, -0.25) is 0 Å². The van der Waals surface area contributed by atoms with Gasteiger partial charge in [-0.2, -0.15) is 0 Å². The first-order chi connectivity index (χ1) is 11.3. The quantitative estimate of drug-likeness (QED) is 0.682. The summed E-state index contributed by atoms with van der Waals surface area (Å²) in [4.78, 5) is 0. The molecule has 3 rings (SSSR count). The van der Waals surface area contributed by atoms with Crippen molar-refractivity contribution in [3.8, 4) is 5.75 Å². The van der Waals surface area contributed by atoms with Crippen molar-refractivity contribution >= 4 is 15.3 Å². The largest absolute Gasteiger partial charge is 0.489 e. The van der Waals surface area contributed by atoms with Gasteiger partial charge in [0.15, 0.2) is 0 Å². The van der Waals surface area contributed by atoms with Gasteiger partial charge in [-0.1, -0.05) is 31.6 Å². The van der Waals surface area contributed by atoms with Gasteiger partial charge in [0.1, 0.15) is 20.2 Å². The number of rotatable bonds is 4. The molecule has 0 amide bonds. The van der Waals surface area contributed by atoms with E-state index in [9.17, 15) is 0 Å². The molecule has 125 valence electrons. The van der Waals surface area contributed by atoms with Crippen LogP contribution in [0.5, 0.6) is 5.75 Å². The van der Waals surface area contributed by atoms with Crippen molar-refractivity contribution in [3.05, 3.63) is 41.0 Å². The van der Waals surface area contributed by atoms with Gasteiger partial charge in [0.05, 0.1) is 5.62 Å². The predicted octanol–water partition coefficient (Wildman–Crippen LogP) is 3.45. The molecule has 2 unspecified atom stereocenters. The van der Waals surface area contributed by atoms with Crippen molar-refractivity contribution in [1.82, 2.24) is 0 Å². The molecule has 1 saturated heterocycles. The molecule has 0 saturated carbocycles. The Hall–Kier alpha value is -1.19. The lowest BCUT2D eigenvalue weighted by Gasteiger charge is -2.34.